The molecular weight excluding hydrogens is 240 g/mol. The Kier molecular flexibility index (Phi) is 3.27. The van der Waals surface area contributed by atoms with E-state index in [0.29, 0.717) is 11.7 Å². The predicted octanol–water partition coefficient (Wildman–Crippen LogP) is 2.65. The van der Waals surface area contributed by atoms with Crippen molar-refractivity contribution in [2.75, 3.05) is 5.32 Å². The van der Waals surface area contributed by atoms with Crippen LogP contribution in [-0.2, 0) is 0 Å². The molecule has 0 atom stereocenters. The molecular formula is C14H16N4O. The minimum atomic E-state index is -0.213. The van der Waals surface area contributed by atoms with Crippen LogP contribution in [0.3, 0.4) is 0 Å². The number of anilines is 1. The Morgan fingerprint density at radius 3 is 2.68 bits per heavy atom. The molecule has 5 nitrogen and oxygen atoms in total. The molecule has 1 saturated carbocycles. The van der Waals surface area contributed by atoms with E-state index in [1.807, 2.05) is 35.0 Å². The molecule has 0 saturated heterocycles. The summed E-state index contributed by atoms with van der Waals surface area (Å²) >= 11 is 0. The van der Waals surface area contributed by atoms with Gasteiger partial charge in [-0.2, -0.15) is 0 Å². The molecule has 0 spiro atoms. The Hall–Kier alpha value is -2.17. The number of nitrogens with one attached hydrogen (secondary N) is 1. The Bertz CT molecular complexity index is 558. The van der Waals surface area contributed by atoms with Gasteiger partial charge in [-0.1, -0.05) is 36.3 Å². The standard InChI is InChI=1S/C14H16N4O/c19-14(15-11-6-2-1-3-7-11)13-10-18(17-16-13)12-8-4-5-9-12/h1-3,6-7,10,12H,4-5,8-9H2,(H,15,19). The van der Waals surface area contributed by atoms with Gasteiger partial charge in [0, 0.05) is 5.69 Å². The summed E-state index contributed by atoms with van der Waals surface area (Å²) in [5.74, 6) is -0.213. The average molecular weight is 256 g/mol. The fourth-order valence-corrected chi connectivity index (χ4v) is 2.44. The van der Waals surface area contributed by atoms with Crippen molar-refractivity contribution in [3.8, 4) is 0 Å². The molecule has 98 valence electrons. The molecule has 3 rings (SSSR count). The highest BCUT2D eigenvalue weighted by molar-refractivity contribution is 6.02. The van der Waals surface area contributed by atoms with E-state index >= 15 is 0 Å². The highest BCUT2D eigenvalue weighted by Gasteiger charge is 2.20. The molecule has 1 aromatic heterocycles. The second-order valence-corrected chi connectivity index (χ2v) is 4.84. The lowest BCUT2D eigenvalue weighted by Crippen LogP contribution is -2.12. The molecule has 0 radical (unpaired) electrons. The minimum Gasteiger partial charge on any atom is -0.321 e. The third-order valence-corrected chi connectivity index (χ3v) is 3.47. The number of nitrogens with zero attached hydrogens (tertiary/aromatic N) is 3. The molecule has 19 heavy (non-hydrogen) atoms. The van der Waals surface area contributed by atoms with E-state index in [0.717, 1.165) is 18.5 Å². The SMILES string of the molecule is O=C(Nc1ccccc1)c1cn(C2CCCC2)nn1. The van der Waals surface area contributed by atoms with Gasteiger partial charge in [-0.05, 0) is 25.0 Å². The van der Waals surface area contributed by atoms with Gasteiger partial charge in [-0.25, -0.2) is 4.68 Å². The summed E-state index contributed by atoms with van der Waals surface area (Å²) in [6, 6.07) is 9.77. The topological polar surface area (TPSA) is 59.8 Å². The number of hydrogen-bond acceptors (Lipinski definition) is 3. The lowest BCUT2D eigenvalue weighted by molar-refractivity contribution is 0.102. The van der Waals surface area contributed by atoms with Gasteiger partial charge in [0.25, 0.3) is 5.91 Å². The van der Waals surface area contributed by atoms with Gasteiger partial charge in [-0.15, -0.1) is 5.10 Å². The molecule has 1 N–H and O–H groups in total. The third kappa shape index (κ3) is 2.65. The Balaban J connectivity index is 1.70. The van der Waals surface area contributed by atoms with Gasteiger partial charge in [0.15, 0.2) is 5.69 Å². The van der Waals surface area contributed by atoms with E-state index in [9.17, 15) is 4.79 Å². The van der Waals surface area contributed by atoms with E-state index in [1.54, 1.807) is 6.20 Å². The van der Waals surface area contributed by atoms with Gasteiger partial charge in [0.05, 0.1) is 12.2 Å². The second kappa shape index (κ2) is 5.22. The largest absolute Gasteiger partial charge is 0.321 e. The fraction of sp³-hybridized carbons (Fsp3) is 0.357. The molecule has 1 aliphatic carbocycles. The van der Waals surface area contributed by atoms with E-state index in [-0.39, 0.29) is 5.91 Å². The first kappa shape index (κ1) is 11.9. The average Bonchev–Trinajstić information content (AvgIpc) is 3.11. The number of para-hydroxylation sites is 1. The quantitative estimate of drug-likeness (QED) is 0.918. The number of carbonyl (C=O) groups excluding carboxylic acids is 1. The number of carbonyl (C=O) groups is 1. The molecule has 1 aliphatic rings. The number of rotatable bonds is 3. The van der Waals surface area contributed by atoms with E-state index < -0.39 is 0 Å². The van der Waals surface area contributed by atoms with Gasteiger partial charge in [0.2, 0.25) is 0 Å². The molecule has 1 heterocycles. The smallest absolute Gasteiger partial charge is 0.277 e. The van der Waals surface area contributed by atoms with Crippen LogP contribution in [0.5, 0.6) is 0 Å². The van der Waals surface area contributed by atoms with Crippen LogP contribution in [0.1, 0.15) is 42.2 Å². The van der Waals surface area contributed by atoms with Gasteiger partial charge < -0.3 is 5.32 Å². The molecule has 0 bridgehead atoms. The van der Waals surface area contributed by atoms with Crippen LogP contribution < -0.4 is 5.32 Å². The Morgan fingerprint density at radius 2 is 1.95 bits per heavy atom. The van der Waals surface area contributed by atoms with Gasteiger partial charge in [-0.3, -0.25) is 4.79 Å². The highest BCUT2D eigenvalue weighted by Crippen LogP contribution is 2.28. The molecule has 1 amide bonds. The van der Waals surface area contributed by atoms with Crippen molar-refractivity contribution in [2.45, 2.75) is 31.7 Å². The zero-order valence-corrected chi connectivity index (χ0v) is 10.6. The maximum Gasteiger partial charge on any atom is 0.277 e. The third-order valence-electron chi connectivity index (χ3n) is 3.47. The van der Waals surface area contributed by atoms with Crippen LogP contribution in [-0.4, -0.2) is 20.9 Å². The maximum atomic E-state index is 12.0. The molecule has 2 aromatic rings. The Morgan fingerprint density at radius 1 is 1.21 bits per heavy atom. The zero-order valence-electron chi connectivity index (χ0n) is 10.6. The first-order valence-electron chi connectivity index (χ1n) is 6.61. The van der Waals surface area contributed by atoms with Crippen LogP contribution >= 0.6 is 0 Å². The first-order valence-corrected chi connectivity index (χ1v) is 6.61. The molecule has 5 heteroatoms. The van der Waals surface area contributed by atoms with Crippen LogP contribution in [0.15, 0.2) is 36.5 Å². The van der Waals surface area contributed by atoms with Crippen molar-refractivity contribution in [2.24, 2.45) is 0 Å². The summed E-state index contributed by atoms with van der Waals surface area (Å²) in [7, 11) is 0. The fourth-order valence-electron chi connectivity index (χ4n) is 2.44. The second-order valence-electron chi connectivity index (χ2n) is 4.84. The van der Waals surface area contributed by atoms with Gasteiger partial charge in [0.1, 0.15) is 0 Å². The summed E-state index contributed by atoms with van der Waals surface area (Å²) < 4.78 is 1.83. The number of amides is 1. The van der Waals surface area contributed by atoms with Crippen molar-refractivity contribution in [1.82, 2.24) is 15.0 Å². The molecule has 0 unspecified atom stereocenters. The number of benzene rings is 1. The monoisotopic (exact) mass is 256 g/mol. The predicted molar refractivity (Wildman–Crippen MR) is 71.9 cm³/mol. The van der Waals surface area contributed by atoms with E-state index in [1.165, 1.54) is 12.8 Å². The van der Waals surface area contributed by atoms with E-state index in [4.69, 9.17) is 0 Å². The van der Waals surface area contributed by atoms with Gasteiger partial charge >= 0.3 is 0 Å². The summed E-state index contributed by atoms with van der Waals surface area (Å²) in [6.07, 6.45) is 6.46. The van der Waals surface area contributed by atoms with Crippen molar-refractivity contribution >= 4 is 11.6 Å². The minimum absolute atomic E-state index is 0.213. The molecule has 1 aromatic carbocycles. The molecule has 1 fully saturated rings. The maximum absolute atomic E-state index is 12.0. The molecule has 0 aliphatic heterocycles. The lowest BCUT2D eigenvalue weighted by Gasteiger charge is -2.06. The van der Waals surface area contributed by atoms with Crippen molar-refractivity contribution in [3.05, 3.63) is 42.2 Å². The van der Waals surface area contributed by atoms with E-state index in [2.05, 4.69) is 15.6 Å². The van der Waals surface area contributed by atoms with Crippen LogP contribution in [0, 0.1) is 0 Å². The summed E-state index contributed by atoms with van der Waals surface area (Å²) in [6.45, 7) is 0. The van der Waals surface area contributed by atoms with Crippen LogP contribution in [0.25, 0.3) is 0 Å². The van der Waals surface area contributed by atoms with Crippen LogP contribution in [0.2, 0.25) is 0 Å². The highest BCUT2D eigenvalue weighted by atomic mass is 16.2. The van der Waals surface area contributed by atoms with Crippen LogP contribution in [0.4, 0.5) is 5.69 Å². The summed E-state index contributed by atoms with van der Waals surface area (Å²) in [5, 5.41) is 10.8. The van der Waals surface area contributed by atoms with Crippen molar-refractivity contribution < 1.29 is 4.79 Å². The number of aromatic nitrogens is 3. The lowest BCUT2D eigenvalue weighted by atomic mass is 10.2. The summed E-state index contributed by atoms with van der Waals surface area (Å²) in [4.78, 5) is 12.0. The number of hydrogen-bond donors (Lipinski definition) is 1. The zero-order chi connectivity index (χ0) is 13.1. The Labute approximate surface area is 111 Å². The summed E-state index contributed by atoms with van der Waals surface area (Å²) in [5.41, 5.74) is 1.14. The normalized spacial score (nSPS) is 15.6. The van der Waals surface area contributed by atoms with Crippen molar-refractivity contribution in [3.63, 3.8) is 0 Å². The van der Waals surface area contributed by atoms with Crippen molar-refractivity contribution in [1.29, 1.82) is 0 Å². The first-order chi connectivity index (χ1) is 9.33.